The largest absolute Gasteiger partial charge is 0.482 e. The molecular weight excluding hydrogens is 258 g/mol. The van der Waals surface area contributed by atoms with Crippen LogP contribution in [0, 0.1) is 0 Å². The number of hydrogen-bond donors (Lipinski definition) is 1. The van der Waals surface area contributed by atoms with Crippen molar-refractivity contribution < 1.29 is 19.1 Å². The molecule has 20 heavy (non-hydrogen) atoms. The van der Waals surface area contributed by atoms with Crippen LogP contribution in [0.15, 0.2) is 52.9 Å². The first-order valence-electron chi connectivity index (χ1n) is 6.03. The summed E-state index contributed by atoms with van der Waals surface area (Å²) in [5, 5.41) is 8.58. The third-order valence-corrected chi connectivity index (χ3v) is 2.74. The van der Waals surface area contributed by atoms with Crippen molar-refractivity contribution in [3.05, 3.63) is 48.5 Å². The molecule has 5 nitrogen and oxygen atoms in total. The highest BCUT2D eigenvalue weighted by Crippen LogP contribution is 2.26. The monoisotopic (exact) mass is 269 g/mol. The van der Waals surface area contributed by atoms with Gasteiger partial charge in [-0.15, -0.1) is 0 Å². The number of benzene rings is 2. The molecule has 1 N–H and O–H groups in total. The number of fused-ring (bicyclic) bond motifs is 1. The van der Waals surface area contributed by atoms with Crippen LogP contribution >= 0.6 is 0 Å². The Bertz CT molecular complexity index is 749. The lowest BCUT2D eigenvalue weighted by Gasteiger charge is -2.01. The van der Waals surface area contributed by atoms with Crippen molar-refractivity contribution in [1.29, 1.82) is 0 Å². The van der Waals surface area contributed by atoms with Gasteiger partial charge >= 0.3 is 5.97 Å². The summed E-state index contributed by atoms with van der Waals surface area (Å²) in [7, 11) is 0. The first-order chi connectivity index (χ1) is 9.72. The molecule has 0 aliphatic carbocycles. The molecule has 0 atom stereocenters. The molecule has 0 saturated heterocycles. The minimum atomic E-state index is -1.02. The zero-order valence-corrected chi connectivity index (χ0v) is 10.4. The first kappa shape index (κ1) is 12.2. The fraction of sp³-hybridized carbons (Fsp3) is 0.0667. The molecule has 100 valence electrons. The van der Waals surface area contributed by atoms with Crippen LogP contribution in [0.1, 0.15) is 0 Å². The zero-order valence-electron chi connectivity index (χ0n) is 10.4. The van der Waals surface area contributed by atoms with E-state index in [4.69, 9.17) is 14.3 Å². The van der Waals surface area contributed by atoms with E-state index in [1.54, 1.807) is 18.2 Å². The molecule has 2 aromatic carbocycles. The molecule has 0 spiro atoms. The van der Waals surface area contributed by atoms with E-state index in [-0.39, 0.29) is 6.61 Å². The highest BCUT2D eigenvalue weighted by Gasteiger charge is 2.09. The summed E-state index contributed by atoms with van der Waals surface area (Å²) in [5.74, 6) is -0.0426. The Morgan fingerprint density at radius 2 is 2.00 bits per heavy atom. The van der Waals surface area contributed by atoms with Crippen LogP contribution in [0.25, 0.3) is 22.6 Å². The topological polar surface area (TPSA) is 72.6 Å². The highest BCUT2D eigenvalue weighted by molar-refractivity contribution is 5.78. The van der Waals surface area contributed by atoms with Crippen molar-refractivity contribution in [3.63, 3.8) is 0 Å². The van der Waals surface area contributed by atoms with E-state index in [0.717, 1.165) is 5.56 Å². The minimum absolute atomic E-state index is 0.380. The zero-order chi connectivity index (χ0) is 13.9. The predicted octanol–water partition coefficient (Wildman–Crippen LogP) is 2.96. The summed E-state index contributed by atoms with van der Waals surface area (Å²) < 4.78 is 10.8. The van der Waals surface area contributed by atoms with E-state index in [2.05, 4.69) is 4.98 Å². The number of carboxylic acid groups (broad SMARTS) is 1. The molecule has 1 heterocycles. The quantitative estimate of drug-likeness (QED) is 0.788. The van der Waals surface area contributed by atoms with Gasteiger partial charge in [-0.3, -0.25) is 0 Å². The summed E-state index contributed by atoms with van der Waals surface area (Å²) in [6.07, 6.45) is 0. The average molecular weight is 269 g/mol. The predicted molar refractivity (Wildman–Crippen MR) is 72.6 cm³/mol. The molecule has 0 amide bonds. The van der Waals surface area contributed by atoms with E-state index in [9.17, 15) is 4.79 Å². The Morgan fingerprint density at radius 1 is 1.20 bits per heavy atom. The van der Waals surface area contributed by atoms with E-state index < -0.39 is 5.97 Å². The van der Waals surface area contributed by atoms with Gasteiger partial charge in [-0.2, -0.15) is 0 Å². The van der Waals surface area contributed by atoms with Crippen molar-refractivity contribution >= 4 is 17.1 Å². The van der Waals surface area contributed by atoms with Crippen molar-refractivity contribution in [2.75, 3.05) is 6.61 Å². The van der Waals surface area contributed by atoms with Crippen LogP contribution in [0.3, 0.4) is 0 Å². The number of ether oxygens (including phenoxy) is 1. The third-order valence-electron chi connectivity index (χ3n) is 2.74. The number of carboxylic acids is 1. The molecule has 3 aromatic rings. The van der Waals surface area contributed by atoms with Crippen LogP contribution in [-0.2, 0) is 4.79 Å². The highest BCUT2D eigenvalue weighted by atomic mass is 16.5. The lowest BCUT2D eigenvalue weighted by molar-refractivity contribution is -0.139. The number of nitrogens with zero attached hydrogens (tertiary/aromatic N) is 1. The van der Waals surface area contributed by atoms with Gasteiger partial charge < -0.3 is 14.3 Å². The van der Waals surface area contributed by atoms with E-state index >= 15 is 0 Å². The second-order valence-electron chi connectivity index (χ2n) is 4.20. The van der Waals surface area contributed by atoms with Gasteiger partial charge in [0, 0.05) is 11.6 Å². The molecule has 0 aliphatic heterocycles. The average Bonchev–Trinajstić information content (AvgIpc) is 2.89. The molecule has 0 aliphatic rings. The van der Waals surface area contributed by atoms with Crippen molar-refractivity contribution in [1.82, 2.24) is 4.98 Å². The maximum Gasteiger partial charge on any atom is 0.341 e. The minimum Gasteiger partial charge on any atom is -0.482 e. The van der Waals surface area contributed by atoms with Gasteiger partial charge in [0.05, 0.1) is 0 Å². The van der Waals surface area contributed by atoms with E-state index in [1.807, 2.05) is 30.3 Å². The standard InChI is InChI=1S/C15H11NO4/c17-14(18)9-19-11-6-7-13-12(8-11)16-15(20-13)10-4-2-1-3-5-10/h1-8H,9H2,(H,17,18). The van der Waals surface area contributed by atoms with Crippen LogP contribution in [0.4, 0.5) is 0 Å². The van der Waals surface area contributed by atoms with Crippen LogP contribution < -0.4 is 4.74 Å². The number of hydrogen-bond acceptors (Lipinski definition) is 4. The Hall–Kier alpha value is -2.82. The second kappa shape index (κ2) is 5.05. The van der Waals surface area contributed by atoms with E-state index in [0.29, 0.717) is 22.7 Å². The van der Waals surface area contributed by atoms with E-state index in [1.165, 1.54) is 0 Å². The first-order valence-corrected chi connectivity index (χ1v) is 6.03. The fourth-order valence-corrected chi connectivity index (χ4v) is 1.85. The van der Waals surface area contributed by atoms with Gasteiger partial charge in [0.1, 0.15) is 11.3 Å². The third kappa shape index (κ3) is 2.47. The van der Waals surface area contributed by atoms with Crippen molar-refractivity contribution in [2.45, 2.75) is 0 Å². The Kier molecular flexibility index (Phi) is 3.09. The summed E-state index contributed by atoms with van der Waals surface area (Å²) in [4.78, 5) is 14.8. The molecule has 0 unspecified atom stereocenters. The maximum absolute atomic E-state index is 10.5. The summed E-state index contributed by atoms with van der Waals surface area (Å²) in [6.45, 7) is -0.380. The van der Waals surface area contributed by atoms with Crippen molar-refractivity contribution in [3.8, 4) is 17.2 Å². The fourth-order valence-electron chi connectivity index (χ4n) is 1.85. The van der Waals surface area contributed by atoms with Gasteiger partial charge in [-0.1, -0.05) is 18.2 Å². The Morgan fingerprint density at radius 3 is 2.75 bits per heavy atom. The van der Waals surface area contributed by atoms with Gasteiger partial charge in [-0.05, 0) is 24.3 Å². The number of rotatable bonds is 4. The molecule has 0 radical (unpaired) electrons. The summed E-state index contributed by atoms with van der Waals surface area (Å²) >= 11 is 0. The van der Waals surface area contributed by atoms with Crippen LogP contribution in [0.2, 0.25) is 0 Å². The van der Waals surface area contributed by atoms with Gasteiger partial charge in [0.25, 0.3) is 0 Å². The van der Waals surface area contributed by atoms with Crippen LogP contribution in [0.5, 0.6) is 5.75 Å². The Labute approximate surface area is 114 Å². The molecule has 3 rings (SSSR count). The van der Waals surface area contributed by atoms with Gasteiger partial charge in [0.15, 0.2) is 12.2 Å². The van der Waals surface area contributed by atoms with Crippen LogP contribution in [-0.4, -0.2) is 22.7 Å². The van der Waals surface area contributed by atoms with Crippen molar-refractivity contribution in [2.24, 2.45) is 0 Å². The maximum atomic E-state index is 10.5. The lowest BCUT2D eigenvalue weighted by atomic mass is 10.2. The van der Waals surface area contributed by atoms with Gasteiger partial charge in [0.2, 0.25) is 5.89 Å². The number of carbonyl (C=O) groups is 1. The van der Waals surface area contributed by atoms with Gasteiger partial charge in [-0.25, -0.2) is 9.78 Å². The Balaban J connectivity index is 1.93. The summed E-state index contributed by atoms with van der Waals surface area (Å²) in [6, 6.07) is 14.6. The second-order valence-corrected chi connectivity index (χ2v) is 4.20. The number of aliphatic carboxylic acids is 1. The normalized spacial score (nSPS) is 10.6. The smallest absolute Gasteiger partial charge is 0.341 e. The lowest BCUT2D eigenvalue weighted by Crippen LogP contribution is -2.09. The molecular formula is C15H11NO4. The SMILES string of the molecule is O=C(O)COc1ccc2oc(-c3ccccc3)nc2c1. The molecule has 0 bridgehead atoms. The number of aromatic nitrogens is 1. The molecule has 0 saturated carbocycles. The molecule has 5 heteroatoms. The summed E-state index contributed by atoms with van der Waals surface area (Å²) in [5.41, 5.74) is 2.15. The molecule has 1 aromatic heterocycles. The number of oxazole rings is 1. The molecule has 0 fully saturated rings.